The molecule has 0 bridgehead atoms. The van der Waals surface area contributed by atoms with Crippen LogP contribution in [0, 0.1) is 5.92 Å². The summed E-state index contributed by atoms with van der Waals surface area (Å²) < 4.78 is 0. The number of carbonyl (C=O) groups excluding carboxylic acids is 1. The standard InChI is InChI=1S/C23H30N2O.ClH/c1-24-18-22-13-8-14-25(22)23(26)17-21(15-19-9-4-2-5-10-19)16-20-11-6-3-7-12-20;/h2-7,9-12,21-22,24H,8,13-18H2,1H3;1H. The molecule has 1 heterocycles. The number of benzene rings is 2. The molecule has 27 heavy (non-hydrogen) atoms. The van der Waals surface area contributed by atoms with E-state index in [4.69, 9.17) is 0 Å². The third-order valence-electron chi connectivity index (χ3n) is 5.33. The first kappa shape index (κ1) is 21.5. The van der Waals surface area contributed by atoms with Gasteiger partial charge < -0.3 is 10.2 Å². The van der Waals surface area contributed by atoms with Crippen molar-refractivity contribution in [1.29, 1.82) is 0 Å². The number of hydrogen-bond acceptors (Lipinski definition) is 2. The Balaban J connectivity index is 0.00000261. The summed E-state index contributed by atoms with van der Waals surface area (Å²) in [6, 6.07) is 21.5. The second-order valence-corrected chi connectivity index (χ2v) is 7.39. The molecule has 1 aliphatic rings. The smallest absolute Gasteiger partial charge is 0.223 e. The highest BCUT2D eigenvalue weighted by Crippen LogP contribution is 2.23. The van der Waals surface area contributed by atoms with Crippen molar-refractivity contribution in [3.63, 3.8) is 0 Å². The highest BCUT2D eigenvalue weighted by molar-refractivity contribution is 5.85. The number of nitrogens with zero attached hydrogens (tertiary/aromatic N) is 1. The van der Waals surface area contributed by atoms with Gasteiger partial charge in [0.15, 0.2) is 0 Å². The number of nitrogens with one attached hydrogen (secondary N) is 1. The lowest BCUT2D eigenvalue weighted by atomic mass is 9.89. The van der Waals surface area contributed by atoms with Crippen molar-refractivity contribution in [3.05, 3.63) is 71.8 Å². The lowest BCUT2D eigenvalue weighted by molar-refractivity contribution is -0.132. The van der Waals surface area contributed by atoms with E-state index in [9.17, 15) is 4.79 Å². The van der Waals surface area contributed by atoms with Gasteiger partial charge in [-0.1, -0.05) is 60.7 Å². The molecule has 1 aliphatic heterocycles. The molecule has 1 N–H and O–H groups in total. The van der Waals surface area contributed by atoms with Crippen molar-refractivity contribution in [2.75, 3.05) is 20.1 Å². The lowest BCUT2D eigenvalue weighted by Gasteiger charge is -2.27. The molecule has 1 fully saturated rings. The molecule has 1 saturated heterocycles. The third kappa shape index (κ3) is 6.37. The molecule has 1 atom stereocenters. The number of carbonyl (C=O) groups is 1. The quantitative estimate of drug-likeness (QED) is 0.740. The Morgan fingerprint density at radius 2 is 1.59 bits per heavy atom. The fraction of sp³-hybridized carbons (Fsp3) is 0.435. The Morgan fingerprint density at radius 3 is 2.11 bits per heavy atom. The van der Waals surface area contributed by atoms with Crippen LogP contribution in [0.4, 0.5) is 0 Å². The van der Waals surface area contributed by atoms with Gasteiger partial charge in [-0.3, -0.25) is 4.79 Å². The first-order valence-electron chi connectivity index (χ1n) is 9.78. The minimum Gasteiger partial charge on any atom is -0.338 e. The van der Waals surface area contributed by atoms with E-state index >= 15 is 0 Å². The number of likely N-dealkylation sites (tertiary alicyclic amines) is 1. The Bertz CT molecular complexity index is 636. The lowest BCUT2D eigenvalue weighted by Crippen LogP contribution is -2.41. The van der Waals surface area contributed by atoms with Gasteiger partial charge in [-0.15, -0.1) is 12.4 Å². The van der Waals surface area contributed by atoms with Gasteiger partial charge >= 0.3 is 0 Å². The fourth-order valence-corrected chi connectivity index (χ4v) is 4.09. The highest BCUT2D eigenvalue weighted by atomic mass is 35.5. The maximum Gasteiger partial charge on any atom is 0.223 e. The topological polar surface area (TPSA) is 32.3 Å². The molecular formula is C23H31ClN2O. The minimum atomic E-state index is 0. The zero-order valence-corrected chi connectivity index (χ0v) is 17.0. The van der Waals surface area contributed by atoms with Gasteiger partial charge in [0.1, 0.15) is 0 Å². The van der Waals surface area contributed by atoms with Crippen LogP contribution < -0.4 is 5.32 Å². The maximum absolute atomic E-state index is 13.0. The summed E-state index contributed by atoms with van der Waals surface area (Å²) in [6.07, 6.45) is 4.77. The summed E-state index contributed by atoms with van der Waals surface area (Å²) in [5.74, 6) is 0.655. The van der Waals surface area contributed by atoms with Crippen LogP contribution in [0.25, 0.3) is 0 Å². The zero-order valence-electron chi connectivity index (χ0n) is 16.1. The van der Waals surface area contributed by atoms with Crippen molar-refractivity contribution in [1.82, 2.24) is 10.2 Å². The van der Waals surface area contributed by atoms with E-state index in [1.165, 1.54) is 11.1 Å². The maximum atomic E-state index is 13.0. The summed E-state index contributed by atoms with van der Waals surface area (Å²) >= 11 is 0. The number of rotatable bonds is 8. The van der Waals surface area contributed by atoms with Crippen molar-refractivity contribution >= 4 is 18.3 Å². The summed E-state index contributed by atoms with van der Waals surface area (Å²) in [5.41, 5.74) is 2.63. The predicted octanol–water partition coefficient (Wildman–Crippen LogP) is 4.11. The van der Waals surface area contributed by atoms with Crippen molar-refractivity contribution in [3.8, 4) is 0 Å². The molecular weight excluding hydrogens is 356 g/mol. The van der Waals surface area contributed by atoms with E-state index in [-0.39, 0.29) is 12.4 Å². The number of hydrogen-bond donors (Lipinski definition) is 1. The van der Waals surface area contributed by atoms with Crippen LogP contribution in [0.15, 0.2) is 60.7 Å². The number of halogens is 1. The number of amides is 1. The van der Waals surface area contributed by atoms with E-state index in [2.05, 4.69) is 58.7 Å². The summed E-state index contributed by atoms with van der Waals surface area (Å²) in [4.78, 5) is 15.1. The molecule has 3 nitrogen and oxygen atoms in total. The number of likely N-dealkylation sites (N-methyl/N-ethyl adjacent to an activating group) is 1. The molecule has 4 heteroatoms. The van der Waals surface area contributed by atoms with Crippen molar-refractivity contribution < 1.29 is 4.79 Å². The van der Waals surface area contributed by atoms with E-state index in [0.29, 0.717) is 24.3 Å². The van der Waals surface area contributed by atoms with Gasteiger partial charge in [0.2, 0.25) is 5.91 Å². The molecule has 0 aliphatic carbocycles. The molecule has 0 radical (unpaired) electrons. The fourth-order valence-electron chi connectivity index (χ4n) is 4.09. The van der Waals surface area contributed by atoms with Crippen LogP contribution in [0.2, 0.25) is 0 Å². The normalized spacial score (nSPS) is 16.4. The Labute approximate surface area is 169 Å². The SMILES string of the molecule is CNCC1CCCN1C(=O)CC(Cc1ccccc1)Cc1ccccc1.Cl. The first-order chi connectivity index (χ1) is 12.8. The summed E-state index contributed by atoms with van der Waals surface area (Å²) in [5, 5.41) is 3.23. The molecule has 0 spiro atoms. The van der Waals surface area contributed by atoms with Gasteiger partial charge in [0, 0.05) is 25.6 Å². The molecule has 146 valence electrons. The average molecular weight is 387 g/mol. The Morgan fingerprint density at radius 1 is 1.04 bits per heavy atom. The van der Waals surface area contributed by atoms with Crippen LogP contribution in [0.5, 0.6) is 0 Å². The van der Waals surface area contributed by atoms with Gasteiger partial charge in [0.25, 0.3) is 0 Å². The van der Waals surface area contributed by atoms with E-state index < -0.39 is 0 Å². The van der Waals surface area contributed by atoms with Gasteiger partial charge in [0.05, 0.1) is 0 Å². The summed E-state index contributed by atoms with van der Waals surface area (Å²) in [7, 11) is 1.97. The highest BCUT2D eigenvalue weighted by Gasteiger charge is 2.29. The van der Waals surface area contributed by atoms with Crippen LogP contribution in [0.1, 0.15) is 30.4 Å². The second-order valence-electron chi connectivity index (χ2n) is 7.39. The van der Waals surface area contributed by atoms with Gasteiger partial charge in [-0.25, -0.2) is 0 Å². The molecule has 2 aromatic rings. The first-order valence-corrected chi connectivity index (χ1v) is 9.78. The third-order valence-corrected chi connectivity index (χ3v) is 5.33. The van der Waals surface area contributed by atoms with Gasteiger partial charge in [-0.05, 0) is 49.8 Å². The van der Waals surface area contributed by atoms with E-state index in [0.717, 1.165) is 38.8 Å². The van der Waals surface area contributed by atoms with Gasteiger partial charge in [-0.2, -0.15) is 0 Å². The van der Waals surface area contributed by atoms with E-state index in [1.54, 1.807) is 0 Å². The Kier molecular flexibility index (Phi) is 8.83. The van der Waals surface area contributed by atoms with Crippen molar-refractivity contribution in [2.45, 2.75) is 38.1 Å². The molecule has 1 unspecified atom stereocenters. The molecule has 0 aromatic heterocycles. The summed E-state index contributed by atoms with van der Waals surface area (Å²) in [6.45, 7) is 1.81. The molecule has 1 amide bonds. The second kappa shape index (κ2) is 11.1. The largest absolute Gasteiger partial charge is 0.338 e. The monoisotopic (exact) mass is 386 g/mol. The van der Waals surface area contributed by atoms with Crippen LogP contribution in [0.3, 0.4) is 0 Å². The molecule has 3 rings (SSSR count). The minimum absolute atomic E-state index is 0. The predicted molar refractivity (Wildman–Crippen MR) is 114 cm³/mol. The average Bonchev–Trinajstić information content (AvgIpc) is 3.12. The molecule has 2 aromatic carbocycles. The van der Waals surface area contributed by atoms with E-state index in [1.807, 2.05) is 19.2 Å². The molecule has 0 saturated carbocycles. The van der Waals surface area contributed by atoms with Crippen LogP contribution >= 0.6 is 12.4 Å². The van der Waals surface area contributed by atoms with Crippen LogP contribution in [-0.4, -0.2) is 37.0 Å². The van der Waals surface area contributed by atoms with Crippen LogP contribution in [-0.2, 0) is 17.6 Å². The zero-order chi connectivity index (χ0) is 18.2. The van der Waals surface area contributed by atoms with Crippen molar-refractivity contribution in [2.24, 2.45) is 5.92 Å². The Hall–Kier alpha value is -1.84.